The van der Waals surface area contributed by atoms with Crippen LogP contribution in [0, 0.1) is 5.92 Å². The van der Waals surface area contributed by atoms with Crippen molar-refractivity contribution >= 4 is 17.2 Å². The van der Waals surface area contributed by atoms with Gasteiger partial charge in [0.05, 0.1) is 5.92 Å². The highest BCUT2D eigenvalue weighted by Gasteiger charge is 2.25. The van der Waals surface area contributed by atoms with Gasteiger partial charge in [-0.3, -0.25) is 9.69 Å². The molecule has 0 aliphatic carbocycles. The SMILES string of the molecule is CCCCCNC(=O)C1CCCN(Cc2cccc(-c3ccsc3)c2)C1. The van der Waals surface area contributed by atoms with Crippen molar-refractivity contribution in [3.8, 4) is 11.1 Å². The fraction of sp³-hybridized carbons (Fsp3) is 0.500. The van der Waals surface area contributed by atoms with Crippen LogP contribution in [0.1, 0.15) is 44.6 Å². The lowest BCUT2D eigenvalue weighted by Gasteiger charge is -2.32. The molecule has 3 nitrogen and oxygen atoms in total. The quantitative estimate of drug-likeness (QED) is 0.668. The summed E-state index contributed by atoms with van der Waals surface area (Å²) >= 11 is 1.73. The van der Waals surface area contributed by atoms with E-state index in [0.717, 1.165) is 45.4 Å². The highest BCUT2D eigenvalue weighted by molar-refractivity contribution is 7.08. The molecule has 26 heavy (non-hydrogen) atoms. The molecule has 3 rings (SSSR count). The fourth-order valence-electron chi connectivity index (χ4n) is 3.68. The number of hydrogen-bond donors (Lipinski definition) is 1. The van der Waals surface area contributed by atoms with Gasteiger partial charge in [-0.05, 0) is 65.4 Å². The summed E-state index contributed by atoms with van der Waals surface area (Å²) in [5, 5.41) is 7.45. The average Bonchev–Trinajstić information content (AvgIpc) is 3.20. The lowest BCUT2D eigenvalue weighted by Crippen LogP contribution is -2.42. The zero-order valence-corrected chi connectivity index (χ0v) is 16.6. The van der Waals surface area contributed by atoms with E-state index in [-0.39, 0.29) is 11.8 Å². The van der Waals surface area contributed by atoms with E-state index in [1.54, 1.807) is 11.3 Å². The summed E-state index contributed by atoms with van der Waals surface area (Å²) in [6.45, 7) is 5.90. The van der Waals surface area contributed by atoms with Gasteiger partial charge in [0.1, 0.15) is 0 Å². The Bertz CT molecular complexity index is 683. The number of likely N-dealkylation sites (tertiary alicyclic amines) is 1. The second-order valence-electron chi connectivity index (χ2n) is 7.28. The summed E-state index contributed by atoms with van der Waals surface area (Å²) in [5.74, 6) is 0.392. The Balaban J connectivity index is 1.53. The summed E-state index contributed by atoms with van der Waals surface area (Å²) in [6.07, 6.45) is 5.60. The second kappa shape index (κ2) is 9.89. The number of benzene rings is 1. The molecule has 140 valence electrons. The van der Waals surface area contributed by atoms with Gasteiger partial charge in [0.15, 0.2) is 0 Å². The number of carbonyl (C=O) groups excluding carboxylic acids is 1. The average molecular weight is 371 g/mol. The summed E-state index contributed by atoms with van der Waals surface area (Å²) in [4.78, 5) is 14.9. The molecule has 1 saturated heterocycles. The molecule has 1 unspecified atom stereocenters. The minimum atomic E-state index is 0.144. The number of hydrogen-bond acceptors (Lipinski definition) is 3. The molecule has 1 aliphatic heterocycles. The van der Waals surface area contributed by atoms with E-state index in [9.17, 15) is 4.79 Å². The Labute approximate surface area is 161 Å². The minimum Gasteiger partial charge on any atom is -0.356 e. The van der Waals surface area contributed by atoms with Crippen molar-refractivity contribution in [1.82, 2.24) is 10.2 Å². The maximum absolute atomic E-state index is 12.4. The van der Waals surface area contributed by atoms with Gasteiger partial charge >= 0.3 is 0 Å². The van der Waals surface area contributed by atoms with E-state index in [1.165, 1.54) is 29.5 Å². The van der Waals surface area contributed by atoms with Gasteiger partial charge in [-0.25, -0.2) is 0 Å². The van der Waals surface area contributed by atoms with Crippen molar-refractivity contribution in [2.75, 3.05) is 19.6 Å². The largest absolute Gasteiger partial charge is 0.356 e. The Morgan fingerprint density at radius 3 is 3.00 bits per heavy atom. The molecule has 1 amide bonds. The van der Waals surface area contributed by atoms with Crippen LogP contribution in [0.4, 0.5) is 0 Å². The number of carbonyl (C=O) groups is 1. The predicted octanol–water partition coefficient (Wildman–Crippen LogP) is 4.93. The Kier molecular flexibility index (Phi) is 7.27. The van der Waals surface area contributed by atoms with Crippen LogP contribution in [0.2, 0.25) is 0 Å². The number of nitrogens with zero attached hydrogens (tertiary/aromatic N) is 1. The van der Waals surface area contributed by atoms with Crippen LogP contribution in [0.5, 0.6) is 0 Å². The summed E-state index contributed by atoms with van der Waals surface area (Å²) in [5.41, 5.74) is 3.91. The number of rotatable bonds is 8. The predicted molar refractivity (Wildman–Crippen MR) is 110 cm³/mol. The standard InChI is InChI=1S/C22H30N2OS/c1-2-3-4-11-23-22(25)20-9-6-12-24(16-20)15-18-7-5-8-19(14-18)21-10-13-26-17-21/h5,7-8,10,13-14,17,20H,2-4,6,9,11-12,15-16H2,1H3,(H,23,25). The van der Waals surface area contributed by atoms with Gasteiger partial charge in [-0.1, -0.05) is 38.0 Å². The van der Waals surface area contributed by atoms with Gasteiger partial charge < -0.3 is 5.32 Å². The van der Waals surface area contributed by atoms with Crippen molar-refractivity contribution in [2.24, 2.45) is 5.92 Å². The van der Waals surface area contributed by atoms with Crippen LogP contribution in [0.3, 0.4) is 0 Å². The van der Waals surface area contributed by atoms with Gasteiger partial charge in [0, 0.05) is 19.6 Å². The van der Waals surface area contributed by atoms with Crippen molar-refractivity contribution in [3.05, 3.63) is 46.7 Å². The molecule has 0 bridgehead atoms. The monoisotopic (exact) mass is 370 g/mol. The van der Waals surface area contributed by atoms with Crippen LogP contribution in [-0.2, 0) is 11.3 Å². The van der Waals surface area contributed by atoms with Gasteiger partial charge in [-0.15, -0.1) is 0 Å². The molecule has 1 fully saturated rings. The lowest BCUT2D eigenvalue weighted by atomic mass is 9.96. The highest BCUT2D eigenvalue weighted by Crippen LogP contribution is 2.24. The summed E-state index contributed by atoms with van der Waals surface area (Å²) in [6, 6.07) is 11.0. The number of nitrogens with one attached hydrogen (secondary N) is 1. The molecular weight excluding hydrogens is 340 g/mol. The number of amides is 1. The van der Waals surface area contributed by atoms with Crippen LogP contribution >= 0.6 is 11.3 Å². The van der Waals surface area contributed by atoms with Crippen LogP contribution in [0.15, 0.2) is 41.1 Å². The third-order valence-electron chi connectivity index (χ3n) is 5.14. The van der Waals surface area contributed by atoms with Crippen LogP contribution in [0.25, 0.3) is 11.1 Å². The molecule has 0 spiro atoms. The Hall–Kier alpha value is -1.65. The first kappa shape index (κ1) is 19.1. The Morgan fingerprint density at radius 2 is 2.19 bits per heavy atom. The molecule has 4 heteroatoms. The van der Waals surface area contributed by atoms with Gasteiger partial charge in [-0.2, -0.15) is 11.3 Å². The molecule has 1 atom stereocenters. The van der Waals surface area contributed by atoms with Crippen LogP contribution in [-0.4, -0.2) is 30.4 Å². The molecule has 2 aromatic rings. The minimum absolute atomic E-state index is 0.144. The molecule has 2 heterocycles. The molecular formula is C22H30N2OS. The lowest BCUT2D eigenvalue weighted by molar-refractivity contribution is -0.126. The van der Waals surface area contributed by atoms with Crippen LogP contribution < -0.4 is 5.32 Å². The fourth-order valence-corrected chi connectivity index (χ4v) is 4.35. The van der Waals surface area contributed by atoms with E-state index < -0.39 is 0 Å². The molecule has 1 aromatic heterocycles. The third kappa shape index (κ3) is 5.42. The number of piperidine rings is 1. The third-order valence-corrected chi connectivity index (χ3v) is 5.83. The zero-order chi connectivity index (χ0) is 18.2. The number of unbranched alkanes of at least 4 members (excludes halogenated alkanes) is 2. The summed E-state index contributed by atoms with van der Waals surface area (Å²) in [7, 11) is 0. The first-order valence-electron chi connectivity index (χ1n) is 9.88. The van der Waals surface area contributed by atoms with E-state index >= 15 is 0 Å². The van der Waals surface area contributed by atoms with E-state index in [1.807, 2.05) is 0 Å². The van der Waals surface area contributed by atoms with Gasteiger partial charge in [0.2, 0.25) is 5.91 Å². The van der Waals surface area contributed by atoms with E-state index in [2.05, 4.69) is 58.2 Å². The molecule has 1 aromatic carbocycles. The molecule has 1 N–H and O–H groups in total. The van der Waals surface area contributed by atoms with Crippen molar-refractivity contribution in [3.63, 3.8) is 0 Å². The molecule has 1 aliphatic rings. The topological polar surface area (TPSA) is 32.3 Å². The normalized spacial score (nSPS) is 18.0. The first-order chi connectivity index (χ1) is 12.8. The zero-order valence-electron chi connectivity index (χ0n) is 15.7. The van der Waals surface area contributed by atoms with Crippen molar-refractivity contribution in [2.45, 2.75) is 45.6 Å². The molecule has 0 saturated carbocycles. The van der Waals surface area contributed by atoms with E-state index in [4.69, 9.17) is 0 Å². The van der Waals surface area contributed by atoms with E-state index in [0.29, 0.717) is 0 Å². The number of thiophene rings is 1. The summed E-state index contributed by atoms with van der Waals surface area (Å²) < 4.78 is 0. The smallest absolute Gasteiger partial charge is 0.224 e. The highest BCUT2D eigenvalue weighted by atomic mass is 32.1. The first-order valence-corrected chi connectivity index (χ1v) is 10.8. The maximum atomic E-state index is 12.4. The second-order valence-corrected chi connectivity index (χ2v) is 8.06. The maximum Gasteiger partial charge on any atom is 0.224 e. The van der Waals surface area contributed by atoms with Gasteiger partial charge in [0.25, 0.3) is 0 Å². The van der Waals surface area contributed by atoms with Crippen molar-refractivity contribution in [1.29, 1.82) is 0 Å². The van der Waals surface area contributed by atoms with Crippen molar-refractivity contribution < 1.29 is 4.79 Å². The Morgan fingerprint density at radius 1 is 1.27 bits per heavy atom. The molecule has 0 radical (unpaired) electrons.